The highest BCUT2D eigenvalue weighted by atomic mass is 28.3. The van der Waals surface area contributed by atoms with Gasteiger partial charge >= 0.3 is 5.97 Å². The van der Waals surface area contributed by atoms with E-state index in [0.717, 1.165) is 28.6 Å². The molecule has 2 aromatic rings. The molecule has 1 aromatic heterocycles. The Labute approximate surface area is 142 Å². The predicted molar refractivity (Wildman–Crippen MR) is 99.0 cm³/mol. The number of carbonyl (C=O) groups is 1. The molecular weight excluding hydrogens is 322 g/mol. The van der Waals surface area contributed by atoms with Gasteiger partial charge in [-0.2, -0.15) is 0 Å². The van der Waals surface area contributed by atoms with Crippen LogP contribution < -0.4 is 5.56 Å². The van der Waals surface area contributed by atoms with Crippen LogP contribution >= 0.6 is 0 Å². The van der Waals surface area contributed by atoms with E-state index in [2.05, 4.69) is 19.6 Å². The van der Waals surface area contributed by atoms with E-state index >= 15 is 0 Å². The molecule has 1 N–H and O–H groups in total. The van der Waals surface area contributed by atoms with Crippen LogP contribution in [0.3, 0.4) is 0 Å². The zero-order valence-corrected chi connectivity index (χ0v) is 15.3. The summed E-state index contributed by atoms with van der Waals surface area (Å²) in [5.74, 6) is -0.990. The Morgan fingerprint density at radius 3 is 2.67 bits per heavy atom. The fourth-order valence-corrected chi connectivity index (χ4v) is 3.02. The zero-order chi connectivity index (χ0) is 17.7. The third-order valence-electron chi connectivity index (χ3n) is 3.65. The quantitative estimate of drug-likeness (QED) is 0.474. The van der Waals surface area contributed by atoms with Gasteiger partial charge in [-0.15, -0.1) is 0 Å². The van der Waals surface area contributed by atoms with Crippen molar-refractivity contribution in [3.8, 4) is 0 Å². The van der Waals surface area contributed by atoms with E-state index in [-0.39, 0.29) is 12.3 Å². The number of carboxylic acids is 1. The number of nitrogens with zero attached hydrogens (tertiary/aromatic N) is 1. The maximum absolute atomic E-state index is 12.1. The highest BCUT2D eigenvalue weighted by molar-refractivity contribution is 6.76. The first kappa shape index (κ1) is 18.2. The number of benzene rings is 1. The molecule has 0 fully saturated rings. The number of hydrogen-bond acceptors (Lipinski definition) is 3. The fraction of sp³-hybridized carbons (Fsp3) is 0.333. The van der Waals surface area contributed by atoms with Gasteiger partial charge in [-0.25, -0.2) is 4.79 Å². The Morgan fingerprint density at radius 2 is 2.00 bits per heavy atom. The van der Waals surface area contributed by atoms with Crippen LogP contribution in [0.15, 0.2) is 41.2 Å². The summed E-state index contributed by atoms with van der Waals surface area (Å²) in [5.41, 5.74) is 1.45. The van der Waals surface area contributed by atoms with Crippen LogP contribution in [0.5, 0.6) is 0 Å². The summed E-state index contributed by atoms with van der Waals surface area (Å²) in [7, 11) is -1.16. The monoisotopic (exact) mass is 345 g/mol. The summed E-state index contributed by atoms with van der Waals surface area (Å²) in [5, 5.41) is 9.57. The van der Waals surface area contributed by atoms with E-state index in [0.29, 0.717) is 6.61 Å². The minimum atomic E-state index is -1.16. The first-order valence-electron chi connectivity index (χ1n) is 7.89. The molecule has 0 radical (unpaired) electrons. The van der Waals surface area contributed by atoms with E-state index in [1.54, 1.807) is 16.7 Å². The second kappa shape index (κ2) is 7.59. The normalized spacial score (nSPS) is 12.1. The van der Waals surface area contributed by atoms with E-state index in [1.165, 1.54) is 12.1 Å². The van der Waals surface area contributed by atoms with Crippen molar-refractivity contribution in [2.75, 3.05) is 6.61 Å². The van der Waals surface area contributed by atoms with Crippen LogP contribution in [0.1, 0.15) is 5.56 Å². The van der Waals surface area contributed by atoms with Crippen LogP contribution in [0.2, 0.25) is 25.7 Å². The average molecular weight is 345 g/mol. The van der Waals surface area contributed by atoms with Gasteiger partial charge in [0.1, 0.15) is 6.73 Å². The van der Waals surface area contributed by atoms with Gasteiger partial charge in [0.15, 0.2) is 0 Å². The van der Waals surface area contributed by atoms with Gasteiger partial charge in [0, 0.05) is 26.8 Å². The maximum Gasteiger partial charge on any atom is 0.328 e. The van der Waals surface area contributed by atoms with Crippen molar-refractivity contribution in [3.05, 3.63) is 52.3 Å². The summed E-state index contributed by atoms with van der Waals surface area (Å²) < 4.78 is 7.30. The van der Waals surface area contributed by atoms with E-state index in [9.17, 15) is 9.59 Å². The number of fused-ring (bicyclic) bond motifs is 1. The lowest BCUT2D eigenvalue weighted by Crippen LogP contribution is -2.24. The molecule has 0 amide bonds. The minimum Gasteiger partial charge on any atom is -0.478 e. The Hall–Kier alpha value is -2.18. The molecule has 0 bridgehead atoms. The molecule has 1 heterocycles. The molecule has 0 aliphatic rings. The number of carboxylic acid groups (broad SMARTS) is 1. The molecule has 0 aliphatic carbocycles. The zero-order valence-electron chi connectivity index (χ0n) is 14.3. The first-order valence-corrected chi connectivity index (χ1v) is 11.6. The number of rotatable bonds is 7. The van der Waals surface area contributed by atoms with Crippen LogP contribution in [0.4, 0.5) is 0 Å². The highest BCUT2D eigenvalue weighted by Crippen LogP contribution is 2.16. The molecule has 24 heavy (non-hydrogen) atoms. The van der Waals surface area contributed by atoms with Crippen molar-refractivity contribution in [1.29, 1.82) is 0 Å². The minimum absolute atomic E-state index is 0.107. The molecular formula is C18H23NO4Si. The topological polar surface area (TPSA) is 68.5 Å². The third-order valence-corrected chi connectivity index (χ3v) is 5.35. The molecule has 5 nitrogen and oxygen atoms in total. The van der Waals surface area contributed by atoms with Crippen molar-refractivity contribution < 1.29 is 14.6 Å². The summed E-state index contributed by atoms with van der Waals surface area (Å²) >= 11 is 0. The molecule has 128 valence electrons. The van der Waals surface area contributed by atoms with Crippen LogP contribution in [-0.2, 0) is 16.3 Å². The van der Waals surface area contributed by atoms with Crippen molar-refractivity contribution >= 4 is 31.0 Å². The smallest absolute Gasteiger partial charge is 0.328 e. The lowest BCUT2D eigenvalue weighted by molar-refractivity contribution is -0.131. The molecule has 0 atom stereocenters. The molecule has 1 aromatic carbocycles. The molecule has 0 saturated carbocycles. The van der Waals surface area contributed by atoms with Crippen molar-refractivity contribution in [2.45, 2.75) is 32.4 Å². The SMILES string of the molecule is C[Si](C)(C)CCOCn1c(=O)ccc2cc(C=CC(=O)O)ccc21. The van der Waals surface area contributed by atoms with Gasteiger partial charge in [-0.3, -0.25) is 9.36 Å². The van der Waals surface area contributed by atoms with Gasteiger partial charge in [0.25, 0.3) is 5.56 Å². The highest BCUT2D eigenvalue weighted by Gasteiger charge is 2.12. The average Bonchev–Trinajstić information content (AvgIpc) is 2.50. The van der Waals surface area contributed by atoms with Crippen LogP contribution in [0, 0.1) is 0 Å². The lowest BCUT2D eigenvalue weighted by atomic mass is 10.1. The molecule has 0 saturated heterocycles. The van der Waals surface area contributed by atoms with Crippen molar-refractivity contribution in [3.63, 3.8) is 0 Å². The second-order valence-corrected chi connectivity index (χ2v) is 12.6. The van der Waals surface area contributed by atoms with Crippen molar-refractivity contribution in [2.24, 2.45) is 0 Å². The Morgan fingerprint density at radius 1 is 1.25 bits per heavy atom. The standard InChI is InChI=1S/C18H23NO4Si/c1-24(2,3)11-10-23-13-19-16-7-4-14(5-9-18(21)22)12-15(16)6-8-17(19)20/h4-9,12H,10-11,13H2,1-3H3,(H,21,22). The van der Waals surface area contributed by atoms with E-state index < -0.39 is 14.0 Å². The van der Waals surface area contributed by atoms with E-state index in [1.807, 2.05) is 12.1 Å². The maximum atomic E-state index is 12.1. The number of aliphatic carboxylic acids is 1. The van der Waals surface area contributed by atoms with E-state index in [4.69, 9.17) is 9.84 Å². The lowest BCUT2D eigenvalue weighted by Gasteiger charge is -2.16. The number of pyridine rings is 1. The van der Waals surface area contributed by atoms with Crippen LogP contribution in [-0.4, -0.2) is 30.3 Å². The Bertz CT molecular complexity index is 818. The summed E-state index contributed by atoms with van der Waals surface area (Å²) in [6.45, 7) is 7.73. The number of hydrogen-bond donors (Lipinski definition) is 1. The summed E-state index contributed by atoms with van der Waals surface area (Å²) in [4.78, 5) is 22.7. The molecule has 2 rings (SSSR count). The third kappa shape index (κ3) is 5.18. The predicted octanol–water partition coefficient (Wildman–Crippen LogP) is 3.41. The van der Waals surface area contributed by atoms with Gasteiger partial charge in [-0.1, -0.05) is 25.7 Å². The number of ether oxygens (including phenoxy) is 1. The van der Waals surface area contributed by atoms with Gasteiger partial charge in [0.05, 0.1) is 5.52 Å². The molecule has 0 aliphatic heterocycles. The molecule has 0 spiro atoms. The second-order valence-electron chi connectivity index (χ2n) is 6.94. The summed E-state index contributed by atoms with van der Waals surface area (Å²) in [6.07, 6.45) is 2.62. The fourth-order valence-electron chi connectivity index (χ4n) is 2.26. The molecule has 0 unspecified atom stereocenters. The summed E-state index contributed by atoms with van der Waals surface area (Å²) in [6, 6.07) is 9.77. The largest absolute Gasteiger partial charge is 0.478 e. The Kier molecular flexibility index (Phi) is 5.74. The Balaban J connectivity index is 2.21. The van der Waals surface area contributed by atoms with Crippen molar-refractivity contribution in [1.82, 2.24) is 4.57 Å². The van der Waals surface area contributed by atoms with Gasteiger partial charge in [0.2, 0.25) is 0 Å². The van der Waals surface area contributed by atoms with Gasteiger partial charge < -0.3 is 9.84 Å². The first-order chi connectivity index (χ1) is 11.3. The molecule has 6 heteroatoms. The van der Waals surface area contributed by atoms with Crippen LogP contribution in [0.25, 0.3) is 17.0 Å². The number of aromatic nitrogens is 1. The van der Waals surface area contributed by atoms with Gasteiger partial charge in [-0.05, 0) is 41.3 Å².